The number of carboxylic acids is 1. The van der Waals surface area contributed by atoms with Gasteiger partial charge < -0.3 is 16.2 Å². The van der Waals surface area contributed by atoms with Gasteiger partial charge in [0.1, 0.15) is 13.1 Å². The van der Waals surface area contributed by atoms with E-state index in [4.69, 9.17) is 10.8 Å². The second-order valence-corrected chi connectivity index (χ2v) is 19.6. The molecule has 4 N–H and O–H groups in total. The van der Waals surface area contributed by atoms with Crippen molar-refractivity contribution in [2.45, 2.75) is 33.4 Å². The van der Waals surface area contributed by atoms with Crippen molar-refractivity contribution in [1.29, 1.82) is 0 Å². The van der Waals surface area contributed by atoms with E-state index in [1.54, 1.807) is 42.1 Å². The molecule has 13 nitrogen and oxygen atoms in total. The maximum Gasteiger partial charge on any atom is 0.324 e. The van der Waals surface area contributed by atoms with Crippen molar-refractivity contribution >= 4 is 89.8 Å². The van der Waals surface area contributed by atoms with Crippen LogP contribution < -0.4 is 19.7 Å². The van der Waals surface area contributed by atoms with Crippen LogP contribution in [-0.2, 0) is 29.6 Å². The number of benzene rings is 6. The molecule has 6 aromatic rings. The summed E-state index contributed by atoms with van der Waals surface area (Å²) in [6.45, 7) is 1.66. The number of nitrogens with two attached hydrogens (primary N) is 1. The minimum atomic E-state index is -3.75. The third-order valence-corrected chi connectivity index (χ3v) is 12.9. The fraction of sp³-hybridized carbons (Fsp3) is 0.130. The van der Waals surface area contributed by atoms with Gasteiger partial charge in [0.25, 0.3) is 0 Å². The van der Waals surface area contributed by atoms with E-state index in [9.17, 15) is 36.0 Å². The van der Waals surface area contributed by atoms with Crippen LogP contribution in [0.25, 0.3) is 0 Å². The SMILES string of the molecule is CC(=O)c1cccc(N(CC(=O)Nc2ccccc2Sc2ccccc2)S(C)(=O)=O)c1.CC(=O)c1cccc(N(CC(=O)O)S(C)(=O)=O)c1.Nc1ccccc1Sc1ccccc1. The summed E-state index contributed by atoms with van der Waals surface area (Å²) in [5.41, 5.74) is 8.39. The first-order valence-electron chi connectivity index (χ1n) is 18.9. The molecule has 6 aromatic carbocycles. The number of anilines is 4. The Labute approximate surface area is 376 Å². The number of carbonyl (C=O) groups is 4. The molecule has 0 aliphatic carbocycles. The summed E-state index contributed by atoms with van der Waals surface area (Å²) in [5, 5.41) is 11.5. The van der Waals surface area contributed by atoms with E-state index in [1.807, 2.05) is 84.9 Å². The summed E-state index contributed by atoms with van der Waals surface area (Å²) >= 11 is 3.19. The monoisotopic (exact) mass is 926 g/mol. The number of hydrogen-bond donors (Lipinski definition) is 3. The molecular weight excluding hydrogens is 881 g/mol. The first kappa shape index (κ1) is 49.3. The van der Waals surface area contributed by atoms with Crippen molar-refractivity contribution in [3.05, 3.63) is 169 Å². The van der Waals surface area contributed by atoms with Gasteiger partial charge in [-0.25, -0.2) is 16.8 Å². The molecule has 0 aliphatic heterocycles. The lowest BCUT2D eigenvalue weighted by molar-refractivity contribution is -0.135. The van der Waals surface area contributed by atoms with Crippen LogP contribution in [-0.4, -0.2) is 71.0 Å². The number of rotatable bonds is 15. The van der Waals surface area contributed by atoms with Crippen molar-refractivity contribution < 1.29 is 41.1 Å². The van der Waals surface area contributed by atoms with Gasteiger partial charge in [0.15, 0.2) is 11.6 Å². The highest BCUT2D eigenvalue weighted by atomic mass is 32.2. The van der Waals surface area contributed by atoms with Gasteiger partial charge in [0.05, 0.1) is 29.6 Å². The maximum absolute atomic E-state index is 12.8. The van der Waals surface area contributed by atoms with Crippen LogP contribution in [0.1, 0.15) is 34.6 Å². The normalized spacial score (nSPS) is 10.8. The summed E-state index contributed by atoms with van der Waals surface area (Å²) in [6, 6.07) is 47.3. The molecule has 0 saturated heterocycles. The number of nitrogen functional groups attached to an aromatic ring is 1. The third-order valence-electron chi connectivity index (χ3n) is 8.47. The quantitative estimate of drug-likeness (QED) is 0.0655. The molecule has 6 rings (SSSR count). The molecule has 0 atom stereocenters. The fourth-order valence-electron chi connectivity index (χ4n) is 5.47. The number of nitrogens with one attached hydrogen (secondary N) is 1. The van der Waals surface area contributed by atoms with Crippen LogP contribution in [0, 0.1) is 0 Å². The second kappa shape index (κ2) is 23.2. The van der Waals surface area contributed by atoms with Gasteiger partial charge in [0.2, 0.25) is 26.0 Å². The summed E-state index contributed by atoms with van der Waals surface area (Å²) in [6.07, 6.45) is 1.94. The van der Waals surface area contributed by atoms with Gasteiger partial charge in [-0.15, -0.1) is 0 Å². The van der Waals surface area contributed by atoms with Gasteiger partial charge in [-0.2, -0.15) is 0 Å². The zero-order chi connectivity index (χ0) is 46.2. The number of hydrogen-bond acceptors (Lipinski definition) is 11. The van der Waals surface area contributed by atoms with E-state index in [2.05, 4.69) is 17.4 Å². The predicted molar refractivity (Wildman–Crippen MR) is 252 cm³/mol. The Hall–Kier alpha value is -6.40. The largest absolute Gasteiger partial charge is 0.480 e. The molecule has 0 fully saturated rings. The molecule has 328 valence electrons. The van der Waals surface area contributed by atoms with E-state index in [0.717, 1.165) is 41.5 Å². The van der Waals surface area contributed by atoms with Crippen LogP contribution in [0.3, 0.4) is 0 Å². The minimum absolute atomic E-state index is 0.160. The van der Waals surface area contributed by atoms with Crippen molar-refractivity contribution in [2.75, 3.05) is 45.3 Å². The summed E-state index contributed by atoms with van der Waals surface area (Å²) < 4.78 is 49.5. The van der Waals surface area contributed by atoms with E-state index in [-0.39, 0.29) is 22.9 Å². The van der Waals surface area contributed by atoms with Gasteiger partial charge in [-0.3, -0.25) is 27.8 Å². The van der Waals surface area contributed by atoms with Gasteiger partial charge in [-0.05, 0) is 86.6 Å². The van der Waals surface area contributed by atoms with Crippen LogP contribution in [0.2, 0.25) is 0 Å². The Balaban J connectivity index is 0.000000229. The minimum Gasteiger partial charge on any atom is -0.480 e. The smallest absolute Gasteiger partial charge is 0.324 e. The van der Waals surface area contributed by atoms with E-state index in [0.29, 0.717) is 16.8 Å². The summed E-state index contributed by atoms with van der Waals surface area (Å²) in [7, 11) is -7.46. The molecule has 17 heteroatoms. The predicted octanol–water partition coefficient (Wildman–Crippen LogP) is 8.60. The summed E-state index contributed by atoms with van der Waals surface area (Å²) in [5.74, 6) is -2.17. The topological polar surface area (TPSA) is 201 Å². The molecule has 0 spiro atoms. The van der Waals surface area contributed by atoms with Crippen LogP contribution in [0.15, 0.2) is 177 Å². The van der Waals surface area contributed by atoms with Gasteiger partial charge >= 0.3 is 5.97 Å². The van der Waals surface area contributed by atoms with E-state index in [1.165, 1.54) is 60.8 Å². The number of Topliss-reactive ketones (excluding diaryl/α,β-unsaturated/α-hetero) is 2. The highest BCUT2D eigenvalue weighted by Crippen LogP contribution is 2.34. The third kappa shape index (κ3) is 16.1. The first-order chi connectivity index (χ1) is 29.8. The average Bonchev–Trinajstić information content (AvgIpc) is 3.24. The molecule has 63 heavy (non-hydrogen) atoms. The van der Waals surface area contributed by atoms with Crippen LogP contribution in [0.4, 0.5) is 22.7 Å². The van der Waals surface area contributed by atoms with Crippen molar-refractivity contribution in [1.82, 2.24) is 0 Å². The highest BCUT2D eigenvalue weighted by molar-refractivity contribution is 7.99. The maximum atomic E-state index is 12.8. The number of ketones is 2. The Morgan fingerprint density at radius 1 is 0.556 bits per heavy atom. The average molecular weight is 927 g/mol. The Bertz CT molecular complexity index is 2760. The highest BCUT2D eigenvalue weighted by Gasteiger charge is 2.23. The molecule has 1 amide bonds. The van der Waals surface area contributed by atoms with E-state index >= 15 is 0 Å². The number of nitrogens with zero attached hydrogens (tertiary/aromatic N) is 2. The van der Waals surface area contributed by atoms with Gasteiger partial charge in [0, 0.05) is 36.4 Å². The molecule has 0 heterocycles. The number of sulfonamides is 2. The number of carboxylic acid groups (broad SMARTS) is 1. The Morgan fingerprint density at radius 3 is 1.41 bits per heavy atom. The Morgan fingerprint density at radius 2 is 0.968 bits per heavy atom. The number of para-hydroxylation sites is 2. The van der Waals surface area contributed by atoms with Crippen molar-refractivity contribution in [3.8, 4) is 0 Å². The van der Waals surface area contributed by atoms with Crippen molar-refractivity contribution in [3.63, 3.8) is 0 Å². The number of carbonyl (C=O) groups excluding carboxylic acids is 3. The molecular formula is C46H46N4O9S4. The zero-order valence-electron chi connectivity index (χ0n) is 34.7. The molecule has 0 radical (unpaired) electrons. The lowest BCUT2D eigenvalue weighted by Crippen LogP contribution is -2.37. The molecule has 0 saturated carbocycles. The Kier molecular flexibility index (Phi) is 18.1. The molecule has 0 bridgehead atoms. The second-order valence-electron chi connectivity index (χ2n) is 13.6. The van der Waals surface area contributed by atoms with Crippen LogP contribution in [0.5, 0.6) is 0 Å². The fourth-order valence-corrected chi connectivity index (χ4v) is 8.96. The standard InChI is InChI=1S/C23H22N2O4S2.C12H11NS.C11H13NO5S/c1-17(26)18-9-8-10-19(15-18)25(31(2,28)29)16-23(27)24-21-13-6-7-14-22(21)30-20-11-4-3-5-12-20;13-11-8-4-5-9-12(11)14-10-6-2-1-3-7-10;1-8(13)9-4-3-5-10(6-9)12(7-11(14)15)18(2,16)17/h3-15H,16H2,1-2H3,(H,24,27);1-9H,13H2;3-6H,7H2,1-2H3,(H,14,15). The molecule has 0 aliphatic rings. The summed E-state index contributed by atoms with van der Waals surface area (Å²) in [4.78, 5) is 50.5. The lowest BCUT2D eigenvalue weighted by atomic mass is 10.1. The number of aliphatic carboxylic acids is 1. The molecule has 0 unspecified atom stereocenters. The van der Waals surface area contributed by atoms with Crippen LogP contribution >= 0.6 is 23.5 Å². The molecule has 0 aromatic heterocycles. The number of amides is 1. The lowest BCUT2D eigenvalue weighted by Gasteiger charge is -2.22. The first-order valence-corrected chi connectivity index (χ1v) is 24.2. The van der Waals surface area contributed by atoms with Crippen molar-refractivity contribution in [2.24, 2.45) is 0 Å². The van der Waals surface area contributed by atoms with E-state index < -0.39 is 45.0 Å². The zero-order valence-corrected chi connectivity index (χ0v) is 38.0. The van der Waals surface area contributed by atoms with Gasteiger partial charge in [-0.1, -0.05) is 108 Å².